The molecule has 1 aliphatic rings. The first-order valence-electron chi connectivity index (χ1n) is 32.1. The van der Waals surface area contributed by atoms with Gasteiger partial charge in [0.15, 0.2) is 0 Å². The second-order valence-corrected chi connectivity index (χ2v) is 27.1. The fraction of sp³-hybridized carbons (Fsp3) is 0.785. The lowest BCUT2D eigenvalue weighted by Gasteiger charge is -2.41. The molecule has 0 aromatic heterocycles. The van der Waals surface area contributed by atoms with Crippen molar-refractivity contribution in [2.45, 2.75) is 229 Å². The second-order valence-electron chi connectivity index (χ2n) is 27.1. The summed E-state index contributed by atoms with van der Waals surface area (Å²) in [4.78, 5) is 181. The molecular formula is C65H115N11O14. The summed E-state index contributed by atoms with van der Waals surface area (Å²) >= 11 is 0. The number of rotatable bonds is 18. The van der Waals surface area contributed by atoms with Gasteiger partial charge in [-0.3, -0.25) is 57.5 Å². The lowest BCUT2D eigenvalue weighted by atomic mass is 9.91. The van der Waals surface area contributed by atoms with E-state index in [1.165, 1.54) is 94.6 Å². The van der Waals surface area contributed by atoms with Gasteiger partial charge in [-0.25, -0.2) is 0 Å². The van der Waals surface area contributed by atoms with Gasteiger partial charge in [0.25, 0.3) is 0 Å². The van der Waals surface area contributed by atoms with Gasteiger partial charge in [0.05, 0.1) is 19.3 Å². The Morgan fingerprint density at radius 2 is 0.933 bits per heavy atom. The van der Waals surface area contributed by atoms with Crippen molar-refractivity contribution >= 4 is 70.9 Å². The zero-order valence-electron chi connectivity index (χ0n) is 58.8. The number of hydrogen-bond donors (Lipinski definition) is 5. The van der Waals surface area contributed by atoms with E-state index in [0.29, 0.717) is 6.42 Å². The van der Waals surface area contributed by atoms with Crippen molar-refractivity contribution in [1.82, 2.24) is 55.6 Å². The highest BCUT2D eigenvalue weighted by atomic mass is 16.5. The number of carbonyl (C=O) groups excluding carboxylic acids is 12. The minimum absolute atomic E-state index is 0.0123. The van der Waals surface area contributed by atoms with E-state index >= 15 is 14.4 Å². The van der Waals surface area contributed by atoms with E-state index in [4.69, 9.17) is 4.74 Å². The highest BCUT2D eigenvalue weighted by molar-refractivity contribution is 5.99. The van der Waals surface area contributed by atoms with E-state index in [2.05, 4.69) is 21.3 Å². The topological polar surface area (TPSA) is 305 Å². The molecule has 90 heavy (non-hydrogen) atoms. The van der Waals surface area contributed by atoms with Crippen LogP contribution in [0.2, 0.25) is 0 Å². The minimum Gasteiger partial charge on any atom is -0.466 e. The standard InChI is InChI=1S/C65H115N11O14/c1-25-46-61(85)70(18)35-51(78)71(19)47(31-36(2)3)58(82)69-52(40(10)11)64(88)72(20)48(32-37(4)5)57(81)66-43(15)56(80)67-44(16)60(84)73(21)49(33-38(6)7)62(86)74(22)50(34-39(8)9)63(87)75(23)53(41(12)13)65(89)76(24)54(59(83)68-46)55(79)42(14)29-27-26-28-30-90-45(17)77/h26-27,36-44,46-50,52-55,79H,25,28-35H2,1-24H3,(H,66,81)(H,67,80)(H,68,83)(H,69,82)/b27-26+/t42-,43+,44-,46+,47+,48+,49+,50+,52+,53+,54?,55-/m1/s1. The van der Waals surface area contributed by atoms with Gasteiger partial charge in [-0.2, -0.15) is 0 Å². The van der Waals surface area contributed by atoms with E-state index in [-0.39, 0.29) is 68.8 Å². The van der Waals surface area contributed by atoms with Crippen LogP contribution < -0.4 is 21.3 Å². The molecule has 0 spiro atoms. The lowest BCUT2D eigenvalue weighted by Crippen LogP contribution is -2.63. The zero-order chi connectivity index (χ0) is 69.7. The number of nitrogens with zero attached hydrogens (tertiary/aromatic N) is 7. The number of aliphatic hydroxyl groups excluding tert-OH is 1. The molecule has 0 radical (unpaired) electrons. The molecule has 25 nitrogen and oxygen atoms in total. The van der Waals surface area contributed by atoms with Crippen LogP contribution >= 0.6 is 0 Å². The molecule has 1 fully saturated rings. The molecule has 1 heterocycles. The number of allylic oxidation sites excluding steroid dienone is 1. The van der Waals surface area contributed by atoms with Gasteiger partial charge in [0, 0.05) is 56.3 Å². The van der Waals surface area contributed by atoms with Crippen LogP contribution in [-0.4, -0.2) is 239 Å². The van der Waals surface area contributed by atoms with Crippen LogP contribution in [0, 0.1) is 41.4 Å². The number of carbonyl (C=O) groups is 12. The Morgan fingerprint density at radius 3 is 1.40 bits per heavy atom. The van der Waals surface area contributed by atoms with E-state index < -0.39 is 162 Å². The highest BCUT2D eigenvalue weighted by Crippen LogP contribution is 2.26. The number of likely N-dealkylation sites (N-methyl/N-ethyl adjacent to an activating group) is 7. The Bertz CT molecular complexity index is 2490. The number of amides is 11. The summed E-state index contributed by atoms with van der Waals surface area (Å²) in [5.74, 6) is -10.6. The highest BCUT2D eigenvalue weighted by Gasteiger charge is 2.46. The van der Waals surface area contributed by atoms with Crippen LogP contribution in [0.25, 0.3) is 0 Å². The van der Waals surface area contributed by atoms with Crippen molar-refractivity contribution in [3.8, 4) is 0 Å². The predicted octanol–water partition coefficient (Wildman–Crippen LogP) is 3.20. The van der Waals surface area contributed by atoms with Gasteiger partial charge in [-0.15, -0.1) is 0 Å². The Morgan fingerprint density at radius 1 is 0.500 bits per heavy atom. The maximum Gasteiger partial charge on any atom is 0.302 e. The Balaban J connectivity index is 4.35. The van der Waals surface area contributed by atoms with Crippen LogP contribution in [0.3, 0.4) is 0 Å². The molecule has 0 aromatic carbocycles. The van der Waals surface area contributed by atoms with Crippen molar-refractivity contribution in [3.63, 3.8) is 0 Å². The molecule has 1 unspecified atom stereocenters. The van der Waals surface area contributed by atoms with E-state index in [1.54, 1.807) is 53.7 Å². The first kappa shape index (κ1) is 81.4. The molecular weight excluding hydrogens is 1160 g/mol. The molecule has 514 valence electrons. The Hall–Kier alpha value is -6.66. The molecule has 0 aromatic rings. The first-order chi connectivity index (χ1) is 41.6. The summed E-state index contributed by atoms with van der Waals surface area (Å²) in [6.45, 7) is 28.7. The van der Waals surface area contributed by atoms with Gasteiger partial charge < -0.3 is 65.4 Å². The third-order valence-electron chi connectivity index (χ3n) is 16.6. The number of aliphatic hydroxyl groups is 1. The minimum atomic E-state index is -1.68. The normalized spacial score (nSPS) is 26.0. The summed E-state index contributed by atoms with van der Waals surface area (Å²) < 4.78 is 5.03. The number of nitrogens with one attached hydrogen (secondary N) is 4. The number of esters is 1. The summed E-state index contributed by atoms with van der Waals surface area (Å²) in [5.41, 5.74) is 0. The SMILES string of the molecule is CC[C@@H]1NC(=O)C([C@H](O)[C@H](C)C/C=C/CCOC(C)=O)N(C)C(=O)[C@H](C(C)C)N(C)C(=O)[C@H](CC(C)C)N(C)C(=O)[C@H](CC(C)C)N(C)C(=O)[C@@H](C)NC(=O)[C@H](C)NC(=O)[C@H](CC(C)C)N(C)C(=O)[C@H](C(C)C)NC(=O)[C@H](CC(C)C)N(C)C(=O)CN(C)C1=O. The summed E-state index contributed by atoms with van der Waals surface area (Å²) in [7, 11) is 9.81. The lowest BCUT2D eigenvalue weighted by molar-refractivity contribution is -0.157. The van der Waals surface area contributed by atoms with Crippen LogP contribution in [-0.2, 0) is 62.3 Å². The van der Waals surface area contributed by atoms with E-state index in [0.717, 1.165) is 9.80 Å². The van der Waals surface area contributed by atoms with Gasteiger partial charge in [0.2, 0.25) is 65.0 Å². The predicted molar refractivity (Wildman–Crippen MR) is 344 cm³/mol. The van der Waals surface area contributed by atoms with Crippen LogP contribution in [0.4, 0.5) is 0 Å². The molecule has 11 amide bonds. The van der Waals surface area contributed by atoms with Crippen LogP contribution in [0.15, 0.2) is 12.2 Å². The van der Waals surface area contributed by atoms with Gasteiger partial charge in [-0.05, 0) is 100 Å². The van der Waals surface area contributed by atoms with Crippen LogP contribution in [0.5, 0.6) is 0 Å². The quantitative estimate of drug-likeness (QED) is 0.0749. The molecule has 12 atom stereocenters. The fourth-order valence-corrected chi connectivity index (χ4v) is 11.0. The molecule has 5 N–H and O–H groups in total. The maximum absolute atomic E-state index is 15.3. The van der Waals surface area contributed by atoms with Gasteiger partial charge in [-0.1, -0.05) is 109 Å². The van der Waals surface area contributed by atoms with Crippen molar-refractivity contribution in [1.29, 1.82) is 0 Å². The molecule has 0 saturated carbocycles. The van der Waals surface area contributed by atoms with Gasteiger partial charge in [0.1, 0.15) is 60.4 Å². The first-order valence-corrected chi connectivity index (χ1v) is 32.1. The van der Waals surface area contributed by atoms with Crippen molar-refractivity contribution < 1.29 is 67.4 Å². The average molecular weight is 1270 g/mol. The van der Waals surface area contributed by atoms with E-state index in [9.17, 15) is 48.3 Å². The molecule has 1 aliphatic heterocycles. The third kappa shape index (κ3) is 23.9. The maximum atomic E-state index is 15.3. The fourth-order valence-electron chi connectivity index (χ4n) is 11.0. The van der Waals surface area contributed by atoms with Crippen LogP contribution in [0.1, 0.15) is 163 Å². The van der Waals surface area contributed by atoms with Gasteiger partial charge >= 0.3 is 5.97 Å². The molecule has 0 aliphatic carbocycles. The second kappa shape index (κ2) is 37.6. The summed E-state index contributed by atoms with van der Waals surface area (Å²) in [6, 6.07) is -12.6. The number of hydrogen-bond acceptors (Lipinski definition) is 14. The molecule has 25 heteroatoms. The smallest absolute Gasteiger partial charge is 0.302 e. The summed E-state index contributed by atoms with van der Waals surface area (Å²) in [6.07, 6.45) is 2.98. The average Bonchev–Trinajstić information content (AvgIpc) is 0.975. The third-order valence-corrected chi connectivity index (χ3v) is 16.6. The summed E-state index contributed by atoms with van der Waals surface area (Å²) in [5, 5.41) is 23.2. The largest absolute Gasteiger partial charge is 0.466 e. The van der Waals surface area contributed by atoms with Crippen molar-refractivity contribution in [2.24, 2.45) is 41.4 Å². The Kier molecular flexibility index (Phi) is 34.0. The molecule has 1 saturated heterocycles. The number of ether oxygens (including phenoxy) is 1. The van der Waals surface area contributed by atoms with E-state index in [1.807, 2.05) is 55.4 Å². The van der Waals surface area contributed by atoms with Crippen molar-refractivity contribution in [2.75, 3.05) is 62.5 Å². The monoisotopic (exact) mass is 1270 g/mol. The van der Waals surface area contributed by atoms with Crippen molar-refractivity contribution in [3.05, 3.63) is 12.2 Å². The Labute approximate surface area is 537 Å². The molecule has 0 bridgehead atoms. The zero-order valence-corrected chi connectivity index (χ0v) is 58.8. The molecule has 1 rings (SSSR count).